The molecule has 2 aromatic heterocycles. The van der Waals surface area contributed by atoms with Crippen LogP contribution in [0, 0.1) is 5.82 Å². The quantitative estimate of drug-likeness (QED) is 0.607. The number of rotatable bonds is 2. The highest BCUT2D eigenvalue weighted by molar-refractivity contribution is 6.44. The van der Waals surface area contributed by atoms with Crippen molar-refractivity contribution in [3.8, 4) is 5.82 Å². The number of hydrogen-bond acceptors (Lipinski definition) is 4. The van der Waals surface area contributed by atoms with Gasteiger partial charge in [-0.3, -0.25) is 4.79 Å². The van der Waals surface area contributed by atoms with Gasteiger partial charge < -0.3 is 4.90 Å². The molecule has 138 valence electrons. The van der Waals surface area contributed by atoms with E-state index in [0.717, 1.165) is 11.8 Å². The standard InChI is InChI=1S/C18H14Cl2FN5O/c1-10-17-13(26(24-23-17)14-4-2-3-8-22-14)7-9-25(10)18(27)11-5-6-12(21)16(20)15(11)19/h2-6,8,10H,7,9H2,1H3. The largest absolute Gasteiger partial charge is 0.330 e. The number of aromatic nitrogens is 4. The molecule has 3 aromatic rings. The molecule has 27 heavy (non-hydrogen) atoms. The lowest BCUT2D eigenvalue weighted by atomic mass is 10.0. The highest BCUT2D eigenvalue weighted by atomic mass is 35.5. The summed E-state index contributed by atoms with van der Waals surface area (Å²) in [5.41, 5.74) is 1.77. The highest BCUT2D eigenvalue weighted by Crippen LogP contribution is 2.34. The molecule has 0 saturated heterocycles. The average Bonchev–Trinajstić information content (AvgIpc) is 3.12. The first kappa shape index (κ1) is 17.9. The Hall–Kier alpha value is -2.51. The van der Waals surface area contributed by atoms with Gasteiger partial charge in [0.2, 0.25) is 0 Å². The van der Waals surface area contributed by atoms with E-state index in [2.05, 4.69) is 15.3 Å². The molecular formula is C18H14Cl2FN5O. The zero-order chi connectivity index (χ0) is 19.1. The summed E-state index contributed by atoms with van der Waals surface area (Å²) in [4.78, 5) is 18.9. The molecule has 1 atom stereocenters. The molecular weight excluding hydrogens is 392 g/mol. The fraction of sp³-hybridized carbons (Fsp3) is 0.222. The minimum atomic E-state index is -0.662. The Morgan fingerprint density at radius 2 is 2.04 bits per heavy atom. The average molecular weight is 406 g/mol. The second-order valence-corrected chi connectivity index (χ2v) is 6.92. The second-order valence-electron chi connectivity index (χ2n) is 6.17. The Morgan fingerprint density at radius 1 is 1.22 bits per heavy atom. The van der Waals surface area contributed by atoms with E-state index in [-0.39, 0.29) is 27.6 Å². The van der Waals surface area contributed by atoms with Crippen molar-refractivity contribution in [3.63, 3.8) is 0 Å². The van der Waals surface area contributed by atoms with Crippen molar-refractivity contribution in [2.45, 2.75) is 19.4 Å². The summed E-state index contributed by atoms with van der Waals surface area (Å²) in [6.45, 7) is 2.31. The first-order chi connectivity index (χ1) is 13.0. The van der Waals surface area contributed by atoms with Crippen molar-refractivity contribution in [2.75, 3.05) is 6.54 Å². The van der Waals surface area contributed by atoms with Gasteiger partial charge in [0.15, 0.2) is 5.82 Å². The van der Waals surface area contributed by atoms with Crippen molar-refractivity contribution in [2.24, 2.45) is 0 Å². The Bertz CT molecular complexity index is 1020. The van der Waals surface area contributed by atoms with E-state index in [4.69, 9.17) is 23.2 Å². The number of amides is 1. The van der Waals surface area contributed by atoms with Gasteiger partial charge in [-0.1, -0.05) is 34.5 Å². The lowest BCUT2D eigenvalue weighted by Gasteiger charge is -2.33. The van der Waals surface area contributed by atoms with Crippen LogP contribution >= 0.6 is 23.2 Å². The third kappa shape index (κ3) is 2.96. The summed E-state index contributed by atoms with van der Waals surface area (Å²) < 4.78 is 15.2. The van der Waals surface area contributed by atoms with Crippen LogP contribution in [0.25, 0.3) is 5.82 Å². The van der Waals surface area contributed by atoms with Gasteiger partial charge in [-0.15, -0.1) is 5.10 Å². The molecule has 6 nitrogen and oxygen atoms in total. The van der Waals surface area contributed by atoms with Crippen LogP contribution < -0.4 is 0 Å². The van der Waals surface area contributed by atoms with Gasteiger partial charge in [0.1, 0.15) is 11.5 Å². The Morgan fingerprint density at radius 3 is 2.78 bits per heavy atom. The van der Waals surface area contributed by atoms with E-state index in [0.29, 0.717) is 24.5 Å². The second kappa shape index (κ2) is 6.90. The minimum absolute atomic E-state index is 0.0863. The number of carbonyl (C=O) groups excluding carboxylic acids is 1. The maximum atomic E-state index is 13.5. The van der Waals surface area contributed by atoms with Crippen LogP contribution in [-0.2, 0) is 6.42 Å². The van der Waals surface area contributed by atoms with Crippen molar-refractivity contribution in [1.82, 2.24) is 24.9 Å². The number of hydrogen-bond donors (Lipinski definition) is 0. The van der Waals surface area contributed by atoms with Gasteiger partial charge in [0, 0.05) is 19.2 Å². The molecule has 1 unspecified atom stereocenters. The molecule has 4 rings (SSSR count). The van der Waals surface area contributed by atoms with E-state index >= 15 is 0 Å². The Balaban J connectivity index is 1.67. The SMILES string of the molecule is CC1c2nnn(-c3ccccn3)c2CCN1C(=O)c1ccc(F)c(Cl)c1Cl. The molecule has 1 aromatic carbocycles. The molecule has 9 heteroatoms. The number of carbonyl (C=O) groups is 1. The number of benzene rings is 1. The minimum Gasteiger partial charge on any atom is -0.330 e. The molecule has 1 amide bonds. The molecule has 0 radical (unpaired) electrons. The van der Waals surface area contributed by atoms with Crippen molar-refractivity contribution >= 4 is 29.1 Å². The molecule has 0 N–H and O–H groups in total. The van der Waals surface area contributed by atoms with Gasteiger partial charge in [-0.05, 0) is 31.2 Å². The van der Waals surface area contributed by atoms with Crippen molar-refractivity contribution in [3.05, 3.63) is 69.3 Å². The van der Waals surface area contributed by atoms with E-state index in [1.807, 2.05) is 25.1 Å². The molecule has 3 heterocycles. The monoisotopic (exact) mass is 405 g/mol. The van der Waals surface area contributed by atoms with Crippen LogP contribution in [0.3, 0.4) is 0 Å². The van der Waals surface area contributed by atoms with E-state index in [1.54, 1.807) is 15.8 Å². The fourth-order valence-electron chi connectivity index (χ4n) is 3.23. The summed E-state index contributed by atoms with van der Waals surface area (Å²) in [5.74, 6) is -0.315. The molecule has 1 aliphatic rings. The summed E-state index contributed by atoms with van der Waals surface area (Å²) in [6, 6.07) is 7.71. The fourth-order valence-corrected chi connectivity index (χ4v) is 3.62. The summed E-state index contributed by atoms with van der Waals surface area (Å²) in [6.07, 6.45) is 2.24. The molecule has 0 bridgehead atoms. The summed E-state index contributed by atoms with van der Waals surface area (Å²) in [7, 11) is 0. The predicted octanol–water partition coefficient (Wildman–Crippen LogP) is 3.87. The van der Waals surface area contributed by atoms with Gasteiger partial charge in [0.05, 0.1) is 27.3 Å². The van der Waals surface area contributed by atoms with Gasteiger partial charge in [-0.25, -0.2) is 9.37 Å². The number of nitrogens with zero attached hydrogens (tertiary/aromatic N) is 5. The highest BCUT2D eigenvalue weighted by Gasteiger charge is 2.34. The lowest BCUT2D eigenvalue weighted by Crippen LogP contribution is -2.39. The zero-order valence-corrected chi connectivity index (χ0v) is 15.7. The predicted molar refractivity (Wildman–Crippen MR) is 98.7 cm³/mol. The van der Waals surface area contributed by atoms with Gasteiger partial charge >= 0.3 is 0 Å². The van der Waals surface area contributed by atoms with E-state index < -0.39 is 5.82 Å². The van der Waals surface area contributed by atoms with E-state index in [1.165, 1.54) is 6.07 Å². The molecule has 0 spiro atoms. The summed E-state index contributed by atoms with van der Waals surface area (Å²) >= 11 is 11.9. The molecule has 1 aliphatic heterocycles. The molecule has 0 fully saturated rings. The maximum Gasteiger partial charge on any atom is 0.255 e. The van der Waals surface area contributed by atoms with Crippen LogP contribution in [0.15, 0.2) is 36.5 Å². The summed E-state index contributed by atoms with van der Waals surface area (Å²) in [5, 5.41) is 8.11. The van der Waals surface area contributed by atoms with Crippen LogP contribution in [0.1, 0.15) is 34.7 Å². The number of pyridine rings is 1. The first-order valence-electron chi connectivity index (χ1n) is 8.29. The van der Waals surface area contributed by atoms with Crippen molar-refractivity contribution < 1.29 is 9.18 Å². The molecule has 0 saturated carbocycles. The maximum absolute atomic E-state index is 13.5. The first-order valence-corrected chi connectivity index (χ1v) is 9.05. The van der Waals surface area contributed by atoms with Gasteiger partial charge in [0.25, 0.3) is 5.91 Å². The lowest BCUT2D eigenvalue weighted by molar-refractivity contribution is 0.0672. The Kier molecular flexibility index (Phi) is 4.57. The number of halogens is 3. The third-order valence-electron chi connectivity index (χ3n) is 4.64. The Labute approximate surface area is 164 Å². The zero-order valence-electron chi connectivity index (χ0n) is 14.2. The van der Waals surface area contributed by atoms with Crippen molar-refractivity contribution in [1.29, 1.82) is 0 Å². The van der Waals surface area contributed by atoms with Crippen LogP contribution in [0.5, 0.6) is 0 Å². The van der Waals surface area contributed by atoms with Gasteiger partial charge in [-0.2, -0.15) is 4.68 Å². The normalized spacial score (nSPS) is 16.3. The van der Waals surface area contributed by atoms with E-state index in [9.17, 15) is 9.18 Å². The number of fused-ring (bicyclic) bond motifs is 1. The van der Waals surface area contributed by atoms with Crippen LogP contribution in [-0.4, -0.2) is 37.3 Å². The molecule has 0 aliphatic carbocycles. The van der Waals surface area contributed by atoms with Crippen LogP contribution in [0.4, 0.5) is 4.39 Å². The third-order valence-corrected chi connectivity index (χ3v) is 5.50. The smallest absolute Gasteiger partial charge is 0.255 e. The van der Waals surface area contributed by atoms with Crippen LogP contribution in [0.2, 0.25) is 10.0 Å². The topological polar surface area (TPSA) is 63.9 Å².